The summed E-state index contributed by atoms with van der Waals surface area (Å²) in [6.07, 6.45) is 4.29. The Morgan fingerprint density at radius 2 is 2.00 bits per heavy atom. The van der Waals surface area contributed by atoms with Gasteiger partial charge < -0.3 is 14.8 Å². The fraction of sp³-hybridized carbons (Fsp3) is 0.733. The lowest BCUT2D eigenvalue weighted by Crippen LogP contribution is -2.35. The van der Waals surface area contributed by atoms with Crippen molar-refractivity contribution in [1.29, 1.82) is 0 Å². The molecule has 0 aromatic carbocycles. The molecule has 0 atom stereocenters. The second kappa shape index (κ2) is 6.92. The Labute approximate surface area is 141 Å². The van der Waals surface area contributed by atoms with E-state index in [1.165, 1.54) is 0 Å². The number of nitrogens with one attached hydrogen (secondary N) is 1. The van der Waals surface area contributed by atoms with Crippen LogP contribution in [0.2, 0.25) is 0 Å². The van der Waals surface area contributed by atoms with Gasteiger partial charge in [0.15, 0.2) is 0 Å². The molecule has 8 heteroatoms. The van der Waals surface area contributed by atoms with Crippen molar-refractivity contribution >= 4 is 16.5 Å². The van der Waals surface area contributed by atoms with Crippen molar-refractivity contribution < 1.29 is 0 Å². The van der Waals surface area contributed by atoms with Crippen molar-refractivity contribution in [3.63, 3.8) is 0 Å². The van der Waals surface area contributed by atoms with Crippen LogP contribution in [0, 0.1) is 0 Å². The summed E-state index contributed by atoms with van der Waals surface area (Å²) in [5.41, 5.74) is 0. The van der Waals surface area contributed by atoms with Crippen molar-refractivity contribution in [3.05, 3.63) is 16.7 Å². The van der Waals surface area contributed by atoms with Crippen molar-refractivity contribution in [2.45, 2.75) is 51.1 Å². The third kappa shape index (κ3) is 3.69. The summed E-state index contributed by atoms with van der Waals surface area (Å²) in [4.78, 5) is 2.11. The Morgan fingerprint density at radius 3 is 2.70 bits per heavy atom. The van der Waals surface area contributed by atoms with E-state index in [1.807, 2.05) is 14.1 Å². The van der Waals surface area contributed by atoms with Gasteiger partial charge in [0.05, 0.1) is 6.54 Å². The fourth-order valence-corrected chi connectivity index (χ4v) is 3.82. The summed E-state index contributed by atoms with van der Waals surface area (Å²) >= 11 is 1.67. The molecule has 2 aromatic rings. The first-order valence-corrected chi connectivity index (χ1v) is 9.00. The topological polar surface area (TPSA) is 71.8 Å². The van der Waals surface area contributed by atoms with Crippen LogP contribution in [0.25, 0.3) is 0 Å². The first-order valence-electron chi connectivity index (χ1n) is 8.18. The maximum absolute atomic E-state index is 4.39. The molecular weight excluding hydrogens is 310 g/mol. The average Bonchev–Trinajstić information content (AvgIpc) is 3.03. The molecule has 0 radical (unpaired) electrons. The van der Waals surface area contributed by atoms with Gasteiger partial charge in [0, 0.05) is 25.4 Å². The lowest BCUT2D eigenvalue weighted by Gasteiger charge is -2.34. The summed E-state index contributed by atoms with van der Waals surface area (Å²) in [6.45, 7) is 2.99. The normalized spacial score (nSPS) is 20.7. The second-order valence-corrected chi connectivity index (χ2v) is 7.59. The molecule has 23 heavy (non-hydrogen) atoms. The molecule has 0 aliphatic heterocycles. The molecule has 7 nitrogen and oxygen atoms in total. The lowest BCUT2D eigenvalue weighted by atomic mass is 9.80. The summed E-state index contributed by atoms with van der Waals surface area (Å²) in [5, 5.41) is 22.7. The van der Waals surface area contributed by atoms with Crippen LogP contribution in [0.15, 0.2) is 0 Å². The molecule has 0 spiro atoms. The molecule has 0 bridgehead atoms. The first-order chi connectivity index (χ1) is 11.1. The highest BCUT2D eigenvalue weighted by Crippen LogP contribution is 2.38. The van der Waals surface area contributed by atoms with E-state index in [0.29, 0.717) is 12.0 Å². The van der Waals surface area contributed by atoms with Crippen molar-refractivity contribution in [2.75, 3.05) is 19.4 Å². The molecule has 1 aliphatic rings. The molecule has 1 aliphatic carbocycles. The molecule has 1 N–H and O–H groups in total. The van der Waals surface area contributed by atoms with Crippen molar-refractivity contribution in [1.82, 2.24) is 29.9 Å². The molecule has 3 rings (SSSR count). The van der Waals surface area contributed by atoms with Crippen LogP contribution in [0.4, 0.5) is 5.13 Å². The zero-order valence-electron chi connectivity index (χ0n) is 14.3. The predicted octanol–water partition coefficient (Wildman–Crippen LogP) is 2.04. The average molecular weight is 335 g/mol. The van der Waals surface area contributed by atoms with Crippen LogP contribution < -0.4 is 5.32 Å². The van der Waals surface area contributed by atoms with E-state index in [0.717, 1.165) is 54.0 Å². The van der Waals surface area contributed by atoms with Gasteiger partial charge in [-0.2, -0.15) is 0 Å². The first kappa shape index (κ1) is 16.3. The predicted molar refractivity (Wildman–Crippen MR) is 91.7 cm³/mol. The highest BCUT2D eigenvalue weighted by Gasteiger charge is 2.34. The van der Waals surface area contributed by atoms with Gasteiger partial charge in [0.25, 0.3) is 0 Å². The maximum Gasteiger partial charge on any atom is 0.205 e. The number of aryl methyl sites for hydroxylation is 1. The van der Waals surface area contributed by atoms with Gasteiger partial charge >= 0.3 is 0 Å². The number of anilines is 1. The van der Waals surface area contributed by atoms with Crippen LogP contribution in [-0.2, 0) is 20.0 Å². The molecule has 0 unspecified atom stereocenters. The Kier molecular flexibility index (Phi) is 4.91. The third-order valence-corrected chi connectivity index (χ3v) is 5.13. The smallest absolute Gasteiger partial charge is 0.205 e. The van der Waals surface area contributed by atoms with Crippen LogP contribution in [0.5, 0.6) is 0 Å². The fourth-order valence-electron chi connectivity index (χ4n) is 2.90. The molecule has 2 heterocycles. The van der Waals surface area contributed by atoms with Crippen LogP contribution >= 0.6 is 11.3 Å². The van der Waals surface area contributed by atoms with Crippen molar-refractivity contribution in [3.8, 4) is 0 Å². The van der Waals surface area contributed by atoms with E-state index in [-0.39, 0.29) is 0 Å². The standard InChI is InChI=1S/C15H25N7S/c1-5-6-13-18-20-15(23-13)16-11-7-10(8-11)14-19-17-12(22(14)4)9-21(2)3/h10-11H,5-9H2,1-4H3,(H,16,20). The highest BCUT2D eigenvalue weighted by atomic mass is 32.1. The maximum atomic E-state index is 4.39. The monoisotopic (exact) mass is 335 g/mol. The molecule has 0 amide bonds. The second-order valence-electron chi connectivity index (χ2n) is 6.53. The zero-order valence-corrected chi connectivity index (χ0v) is 15.1. The zero-order chi connectivity index (χ0) is 16.4. The number of nitrogens with zero attached hydrogens (tertiary/aromatic N) is 6. The van der Waals surface area contributed by atoms with Crippen LogP contribution in [0.3, 0.4) is 0 Å². The highest BCUT2D eigenvalue weighted by molar-refractivity contribution is 7.15. The van der Waals surface area contributed by atoms with E-state index in [2.05, 4.69) is 49.1 Å². The summed E-state index contributed by atoms with van der Waals surface area (Å²) < 4.78 is 2.14. The molecule has 126 valence electrons. The van der Waals surface area contributed by atoms with Gasteiger partial charge in [-0.1, -0.05) is 18.3 Å². The molecule has 2 aromatic heterocycles. The Bertz CT molecular complexity index is 642. The summed E-state index contributed by atoms with van der Waals surface area (Å²) in [6, 6.07) is 0.469. The third-order valence-electron chi connectivity index (χ3n) is 4.22. The summed E-state index contributed by atoms with van der Waals surface area (Å²) in [7, 11) is 6.16. The van der Waals surface area contributed by atoms with Crippen molar-refractivity contribution in [2.24, 2.45) is 7.05 Å². The minimum absolute atomic E-state index is 0.469. The van der Waals surface area contributed by atoms with E-state index < -0.39 is 0 Å². The van der Waals surface area contributed by atoms with Gasteiger partial charge in [0.1, 0.15) is 16.7 Å². The minimum atomic E-state index is 0.469. The van der Waals surface area contributed by atoms with E-state index in [9.17, 15) is 0 Å². The van der Waals surface area contributed by atoms with Crippen LogP contribution in [0.1, 0.15) is 48.8 Å². The van der Waals surface area contributed by atoms with E-state index in [1.54, 1.807) is 11.3 Å². The molecule has 1 saturated carbocycles. The van der Waals surface area contributed by atoms with E-state index in [4.69, 9.17) is 0 Å². The van der Waals surface area contributed by atoms with Gasteiger partial charge in [-0.15, -0.1) is 20.4 Å². The Balaban J connectivity index is 1.53. The largest absolute Gasteiger partial charge is 0.357 e. The SMILES string of the molecule is CCCc1nnc(NC2CC(c3nnc(CN(C)C)n3C)C2)s1. The molecule has 1 fully saturated rings. The lowest BCUT2D eigenvalue weighted by molar-refractivity contribution is 0.347. The van der Waals surface area contributed by atoms with Gasteiger partial charge in [-0.05, 0) is 33.4 Å². The Hall–Kier alpha value is -1.54. The quantitative estimate of drug-likeness (QED) is 0.835. The molecule has 0 saturated heterocycles. The summed E-state index contributed by atoms with van der Waals surface area (Å²) in [5.74, 6) is 2.61. The minimum Gasteiger partial charge on any atom is -0.357 e. The number of rotatable bonds is 7. The van der Waals surface area contributed by atoms with Gasteiger partial charge in [-0.3, -0.25) is 0 Å². The van der Waals surface area contributed by atoms with Gasteiger partial charge in [0.2, 0.25) is 5.13 Å². The number of aromatic nitrogens is 5. The molecular formula is C15H25N7S. The Morgan fingerprint density at radius 1 is 1.22 bits per heavy atom. The van der Waals surface area contributed by atoms with Crippen LogP contribution in [-0.4, -0.2) is 50.0 Å². The van der Waals surface area contributed by atoms with E-state index >= 15 is 0 Å². The number of hydrogen-bond donors (Lipinski definition) is 1. The van der Waals surface area contributed by atoms with Gasteiger partial charge in [-0.25, -0.2) is 0 Å². The number of hydrogen-bond acceptors (Lipinski definition) is 7.